The third-order valence-corrected chi connectivity index (χ3v) is 13.4. The predicted molar refractivity (Wildman–Crippen MR) is 127 cm³/mol. The molecule has 0 saturated heterocycles. The van der Waals surface area contributed by atoms with E-state index in [0.29, 0.717) is 23.0 Å². The van der Waals surface area contributed by atoms with E-state index < -0.39 is 14.1 Å². The zero-order valence-corrected chi connectivity index (χ0v) is 21.2. The number of allylic oxidation sites excluding steroid dienone is 4. The van der Waals surface area contributed by atoms with Crippen molar-refractivity contribution in [1.29, 1.82) is 0 Å². The van der Waals surface area contributed by atoms with E-state index in [1.807, 2.05) is 0 Å². The Balaban J connectivity index is 2.06. The molecule has 5 heteroatoms. The Morgan fingerprint density at radius 1 is 1.10 bits per heavy atom. The topological polar surface area (TPSA) is 58.9 Å². The lowest BCUT2D eigenvalue weighted by Crippen LogP contribution is -2.50. The summed E-state index contributed by atoms with van der Waals surface area (Å²) in [6, 6.07) is 0. The second-order valence-corrected chi connectivity index (χ2v) is 15.7. The Kier molecular flexibility index (Phi) is 9.82. The van der Waals surface area contributed by atoms with Gasteiger partial charge in [0.1, 0.15) is 0 Å². The van der Waals surface area contributed by atoms with E-state index in [-0.39, 0.29) is 25.2 Å². The Labute approximate surface area is 185 Å². The summed E-state index contributed by atoms with van der Waals surface area (Å²) < 4.78 is 12.7. The smallest absolute Gasteiger partial charge is 0.200 e. The van der Waals surface area contributed by atoms with Gasteiger partial charge in [0.25, 0.3) is 0 Å². The summed E-state index contributed by atoms with van der Waals surface area (Å²) in [6.45, 7) is 14.1. The first-order valence-corrected chi connectivity index (χ1v) is 14.3. The van der Waals surface area contributed by atoms with E-state index in [4.69, 9.17) is 14.3 Å². The highest BCUT2D eigenvalue weighted by atomic mass is 28.4. The molecule has 0 aromatic carbocycles. The molecule has 2 rings (SSSR count). The highest BCUT2D eigenvalue weighted by Gasteiger charge is 2.56. The van der Waals surface area contributed by atoms with Crippen LogP contribution in [0.25, 0.3) is 0 Å². The summed E-state index contributed by atoms with van der Waals surface area (Å²) in [5.41, 5.74) is 3.20. The molecule has 1 fully saturated rings. The van der Waals surface area contributed by atoms with Gasteiger partial charge in [0.2, 0.25) is 8.32 Å². The molecule has 0 bridgehead atoms. The van der Waals surface area contributed by atoms with Gasteiger partial charge in [-0.2, -0.15) is 0 Å². The van der Waals surface area contributed by atoms with Crippen molar-refractivity contribution >= 4 is 8.32 Å². The molecule has 174 valence electrons. The number of rotatable bonds is 14. The van der Waals surface area contributed by atoms with Gasteiger partial charge in [-0.05, 0) is 55.1 Å². The highest BCUT2D eigenvalue weighted by Crippen LogP contribution is 2.50. The summed E-state index contributed by atoms with van der Waals surface area (Å²) in [5.74, 6) is -0.942. The lowest BCUT2D eigenvalue weighted by molar-refractivity contribution is -0.145. The number of hydrogen-bond acceptors (Lipinski definition) is 4. The van der Waals surface area contributed by atoms with Crippen LogP contribution in [0, 0.1) is 5.92 Å². The lowest BCUT2D eigenvalue weighted by atomic mass is 9.98. The summed E-state index contributed by atoms with van der Waals surface area (Å²) in [4.78, 5) is 0. The molecule has 1 unspecified atom stereocenters. The van der Waals surface area contributed by atoms with Crippen molar-refractivity contribution in [2.24, 2.45) is 5.92 Å². The first kappa shape index (κ1) is 25.8. The minimum atomic E-state index is -1.98. The van der Waals surface area contributed by atoms with E-state index in [1.165, 1.54) is 0 Å². The molecule has 3 atom stereocenters. The maximum atomic E-state index is 10.6. The van der Waals surface area contributed by atoms with Crippen LogP contribution in [-0.2, 0) is 9.16 Å². The van der Waals surface area contributed by atoms with Crippen LogP contribution in [0.5, 0.6) is 0 Å². The standard InChI is InChI=1S/C25H46O4Si/c1-19(2)30(20(3)4,21(5)6)29-24(14-10-13-22-11-8-7-9-12-22)17-23-18-25(23,27)28-16-15-26/h7-8,12,19-21,23-24,26-27H,9-11,13-18H2,1-6H3/t23-,24?,25+/m0/s1. The van der Waals surface area contributed by atoms with Gasteiger partial charge in [0, 0.05) is 18.4 Å². The fourth-order valence-electron chi connectivity index (χ4n) is 5.61. The average Bonchev–Trinajstić information content (AvgIpc) is 3.33. The van der Waals surface area contributed by atoms with Crippen molar-refractivity contribution in [2.45, 2.75) is 115 Å². The van der Waals surface area contributed by atoms with Crippen LogP contribution in [-0.4, -0.2) is 43.6 Å². The normalized spacial score (nSPS) is 25.3. The van der Waals surface area contributed by atoms with E-state index >= 15 is 0 Å². The second-order valence-electron chi connectivity index (χ2n) is 10.3. The number of aliphatic hydroxyl groups is 2. The Hall–Kier alpha value is -0.463. The van der Waals surface area contributed by atoms with E-state index in [0.717, 1.165) is 38.5 Å². The van der Waals surface area contributed by atoms with Crippen molar-refractivity contribution < 1.29 is 19.4 Å². The molecule has 0 aromatic heterocycles. The van der Waals surface area contributed by atoms with Gasteiger partial charge in [0.15, 0.2) is 5.79 Å². The maximum Gasteiger partial charge on any atom is 0.200 e. The zero-order valence-electron chi connectivity index (χ0n) is 20.2. The van der Waals surface area contributed by atoms with Crippen LogP contribution in [0.3, 0.4) is 0 Å². The van der Waals surface area contributed by atoms with Gasteiger partial charge in [-0.15, -0.1) is 0 Å². The Morgan fingerprint density at radius 3 is 2.30 bits per heavy atom. The van der Waals surface area contributed by atoms with E-state index in [2.05, 4.69) is 59.8 Å². The third-order valence-electron chi connectivity index (χ3n) is 7.20. The van der Waals surface area contributed by atoms with Crippen LogP contribution >= 0.6 is 0 Å². The average molecular weight is 439 g/mol. The fourth-order valence-corrected chi connectivity index (χ4v) is 11.2. The van der Waals surface area contributed by atoms with Crippen molar-refractivity contribution in [3.8, 4) is 0 Å². The first-order chi connectivity index (χ1) is 14.2. The summed E-state index contributed by atoms with van der Waals surface area (Å²) >= 11 is 0. The maximum absolute atomic E-state index is 10.6. The quantitative estimate of drug-likeness (QED) is 0.195. The first-order valence-electron chi connectivity index (χ1n) is 12.1. The van der Waals surface area contributed by atoms with Gasteiger partial charge >= 0.3 is 0 Å². The minimum Gasteiger partial charge on any atom is -0.413 e. The molecule has 2 aliphatic rings. The minimum absolute atomic E-state index is 0.0530. The van der Waals surface area contributed by atoms with Crippen LogP contribution in [0.15, 0.2) is 23.8 Å². The van der Waals surface area contributed by atoms with E-state index in [9.17, 15) is 5.11 Å². The van der Waals surface area contributed by atoms with Crippen LogP contribution in [0.1, 0.15) is 86.5 Å². The SMILES string of the molecule is CC(C)[Si](OC(CCCC1=CCC=CC1)C[C@H]1C[C@@]1(O)OCCO)(C(C)C)C(C)C. The highest BCUT2D eigenvalue weighted by molar-refractivity contribution is 6.77. The molecule has 0 aromatic rings. The van der Waals surface area contributed by atoms with Crippen molar-refractivity contribution in [2.75, 3.05) is 13.2 Å². The second kappa shape index (κ2) is 11.4. The number of ether oxygens (including phenoxy) is 1. The van der Waals surface area contributed by atoms with Crippen LogP contribution in [0.4, 0.5) is 0 Å². The number of aliphatic hydroxyl groups excluding tert-OH is 1. The van der Waals surface area contributed by atoms with Crippen LogP contribution in [0.2, 0.25) is 16.6 Å². The Bertz CT molecular complexity index is 562. The van der Waals surface area contributed by atoms with Crippen molar-refractivity contribution in [1.82, 2.24) is 0 Å². The molecule has 0 amide bonds. The molecule has 2 N–H and O–H groups in total. The lowest BCUT2D eigenvalue weighted by Gasteiger charge is -2.45. The molecular formula is C25H46O4Si. The van der Waals surface area contributed by atoms with Gasteiger partial charge in [-0.25, -0.2) is 0 Å². The van der Waals surface area contributed by atoms with Crippen molar-refractivity contribution in [3.63, 3.8) is 0 Å². The molecule has 30 heavy (non-hydrogen) atoms. The van der Waals surface area contributed by atoms with Gasteiger partial charge in [-0.3, -0.25) is 0 Å². The van der Waals surface area contributed by atoms with Gasteiger partial charge in [-0.1, -0.05) is 65.3 Å². The Morgan fingerprint density at radius 2 is 1.77 bits per heavy atom. The fraction of sp³-hybridized carbons (Fsp3) is 0.840. The molecule has 1 saturated carbocycles. The zero-order chi connectivity index (χ0) is 22.4. The summed E-state index contributed by atoms with van der Waals surface area (Å²) in [6.07, 6.45) is 14.0. The predicted octanol–water partition coefficient (Wildman–Crippen LogP) is 6.10. The summed E-state index contributed by atoms with van der Waals surface area (Å²) in [5, 5.41) is 19.7. The van der Waals surface area contributed by atoms with Crippen molar-refractivity contribution in [3.05, 3.63) is 23.8 Å². The third kappa shape index (κ3) is 6.52. The summed E-state index contributed by atoms with van der Waals surface area (Å²) in [7, 11) is -1.98. The molecule has 0 spiro atoms. The molecule has 0 radical (unpaired) electrons. The molecular weight excluding hydrogens is 392 g/mol. The van der Waals surface area contributed by atoms with Gasteiger partial charge in [0.05, 0.1) is 13.2 Å². The monoisotopic (exact) mass is 438 g/mol. The molecule has 2 aliphatic carbocycles. The number of hydrogen-bond donors (Lipinski definition) is 2. The molecule has 4 nitrogen and oxygen atoms in total. The largest absolute Gasteiger partial charge is 0.413 e. The van der Waals surface area contributed by atoms with Gasteiger partial charge < -0.3 is 19.4 Å². The molecule has 0 heterocycles. The molecule has 0 aliphatic heterocycles. The van der Waals surface area contributed by atoms with Crippen LogP contribution < -0.4 is 0 Å². The van der Waals surface area contributed by atoms with E-state index in [1.54, 1.807) is 5.57 Å².